The van der Waals surface area contributed by atoms with Crippen LogP contribution in [0.25, 0.3) is 16.5 Å². The molecule has 3 aromatic carbocycles. The van der Waals surface area contributed by atoms with Gasteiger partial charge in [0.15, 0.2) is 5.82 Å². The molecule has 1 saturated heterocycles. The number of anilines is 1. The zero-order valence-corrected chi connectivity index (χ0v) is 18.3. The van der Waals surface area contributed by atoms with Crippen molar-refractivity contribution in [2.45, 2.75) is 13.0 Å². The second-order valence-corrected chi connectivity index (χ2v) is 7.95. The molecular weight excluding hydrogens is 439 g/mol. The molecule has 4 aromatic rings. The van der Waals surface area contributed by atoms with Gasteiger partial charge in [-0.2, -0.15) is 0 Å². The number of rotatable bonds is 4. The van der Waals surface area contributed by atoms with Crippen LogP contribution in [-0.4, -0.2) is 29.1 Å². The molecule has 0 aliphatic carbocycles. The van der Waals surface area contributed by atoms with E-state index in [2.05, 4.69) is 5.16 Å². The molecule has 1 aliphatic heterocycles. The number of fused-ring (bicyclic) bond motifs is 1. The summed E-state index contributed by atoms with van der Waals surface area (Å²) in [5, 5.41) is 16.8. The van der Waals surface area contributed by atoms with Gasteiger partial charge in [0.1, 0.15) is 23.1 Å². The number of aliphatic hydroxyl groups is 1. The van der Waals surface area contributed by atoms with Crippen molar-refractivity contribution in [2.24, 2.45) is 0 Å². The molecule has 0 bridgehead atoms. The molecule has 170 valence electrons. The van der Waals surface area contributed by atoms with E-state index in [4.69, 9.17) is 9.26 Å². The highest BCUT2D eigenvalue weighted by atomic mass is 19.1. The van der Waals surface area contributed by atoms with Crippen LogP contribution in [-0.2, 0) is 9.59 Å². The Labute approximate surface area is 193 Å². The Morgan fingerprint density at radius 2 is 1.82 bits per heavy atom. The number of ether oxygens (including phenoxy) is 1. The Balaban J connectivity index is 1.70. The van der Waals surface area contributed by atoms with Crippen LogP contribution < -0.4 is 9.64 Å². The molecule has 7 nitrogen and oxygen atoms in total. The third-order valence-electron chi connectivity index (χ3n) is 5.79. The van der Waals surface area contributed by atoms with Crippen molar-refractivity contribution in [2.75, 3.05) is 12.0 Å². The number of methoxy groups -OCH3 is 1. The number of hydrogen-bond donors (Lipinski definition) is 1. The molecule has 8 heteroatoms. The lowest BCUT2D eigenvalue weighted by molar-refractivity contribution is -0.132. The summed E-state index contributed by atoms with van der Waals surface area (Å²) < 4.78 is 24.5. The number of carbonyl (C=O) groups excluding carboxylic acids is 2. The first-order valence-electron chi connectivity index (χ1n) is 10.5. The van der Waals surface area contributed by atoms with Gasteiger partial charge in [-0.25, -0.2) is 4.39 Å². The Morgan fingerprint density at radius 3 is 2.53 bits per heavy atom. The summed E-state index contributed by atoms with van der Waals surface area (Å²) in [7, 11) is 1.57. The standard InChI is InChI=1S/C26H19FN2O5/c1-14-10-21(28-34-14)29-23(17-4-3-5-19(27)12-17)22(25(31)26(29)32)24(30)18-7-6-16-13-20(33-2)9-8-15(16)11-18/h3-13,23,30H,1-2H3/b24-22+. The molecule has 0 radical (unpaired) electrons. The summed E-state index contributed by atoms with van der Waals surface area (Å²) in [5.41, 5.74) is 0.490. The van der Waals surface area contributed by atoms with Gasteiger partial charge in [-0.3, -0.25) is 14.5 Å². The summed E-state index contributed by atoms with van der Waals surface area (Å²) in [4.78, 5) is 27.3. The van der Waals surface area contributed by atoms with Gasteiger partial charge < -0.3 is 14.4 Å². The third kappa shape index (κ3) is 3.49. The molecular formula is C26H19FN2O5. The summed E-state index contributed by atoms with van der Waals surface area (Å²) in [6.45, 7) is 1.65. The summed E-state index contributed by atoms with van der Waals surface area (Å²) in [5.74, 6) is -1.49. The smallest absolute Gasteiger partial charge is 0.301 e. The molecule has 2 heterocycles. The second-order valence-electron chi connectivity index (χ2n) is 7.95. The number of hydrogen-bond acceptors (Lipinski definition) is 6. The Bertz CT molecular complexity index is 1490. The van der Waals surface area contributed by atoms with Crippen LogP contribution in [0, 0.1) is 12.7 Å². The van der Waals surface area contributed by atoms with Crippen LogP contribution in [0.5, 0.6) is 5.75 Å². The molecule has 1 fully saturated rings. The van der Waals surface area contributed by atoms with Crippen molar-refractivity contribution in [3.63, 3.8) is 0 Å². The van der Waals surface area contributed by atoms with Crippen LogP contribution >= 0.6 is 0 Å². The zero-order valence-electron chi connectivity index (χ0n) is 18.3. The van der Waals surface area contributed by atoms with E-state index in [1.807, 2.05) is 12.1 Å². The van der Waals surface area contributed by atoms with Crippen molar-refractivity contribution in [3.8, 4) is 5.75 Å². The van der Waals surface area contributed by atoms with Crippen molar-refractivity contribution >= 4 is 34.0 Å². The van der Waals surface area contributed by atoms with Gasteiger partial charge in [-0.15, -0.1) is 0 Å². The Hall–Kier alpha value is -4.46. The van der Waals surface area contributed by atoms with Crippen LogP contribution in [0.1, 0.15) is 22.9 Å². The predicted octanol–water partition coefficient (Wildman–Crippen LogP) is 4.91. The molecule has 1 aromatic heterocycles. The maximum absolute atomic E-state index is 14.1. The number of nitrogens with zero attached hydrogens (tertiary/aromatic N) is 2. The fourth-order valence-electron chi connectivity index (χ4n) is 4.18. The van der Waals surface area contributed by atoms with Gasteiger partial charge in [0.25, 0.3) is 5.78 Å². The van der Waals surface area contributed by atoms with Crippen LogP contribution in [0.15, 0.2) is 76.8 Å². The molecule has 1 unspecified atom stereocenters. The SMILES string of the molecule is COc1ccc2cc(/C(O)=C3\C(=O)C(=O)N(c4cc(C)on4)C3c3cccc(F)c3)ccc2c1. The Morgan fingerprint density at radius 1 is 1.06 bits per heavy atom. The average molecular weight is 458 g/mol. The van der Waals surface area contributed by atoms with E-state index in [1.165, 1.54) is 24.3 Å². The first-order valence-corrected chi connectivity index (χ1v) is 10.5. The van der Waals surface area contributed by atoms with Crippen molar-refractivity contribution in [1.29, 1.82) is 0 Å². The minimum absolute atomic E-state index is 0.0958. The Kier molecular flexibility index (Phi) is 5.13. The van der Waals surface area contributed by atoms with Gasteiger partial charge in [-0.1, -0.05) is 35.5 Å². The lowest BCUT2D eigenvalue weighted by Gasteiger charge is -2.22. The number of amides is 1. The maximum Gasteiger partial charge on any atom is 0.301 e. The van der Waals surface area contributed by atoms with Crippen LogP contribution in [0.3, 0.4) is 0 Å². The largest absolute Gasteiger partial charge is 0.507 e. The van der Waals surface area contributed by atoms with E-state index < -0.39 is 23.5 Å². The number of aromatic nitrogens is 1. The average Bonchev–Trinajstić information content (AvgIpc) is 3.38. The number of carbonyl (C=O) groups is 2. The minimum atomic E-state index is -1.09. The molecule has 1 atom stereocenters. The first kappa shape index (κ1) is 21.4. The number of aryl methyl sites for hydroxylation is 1. The number of aliphatic hydroxyl groups excluding tert-OH is 1. The fourth-order valence-corrected chi connectivity index (χ4v) is 4.18. The van der Waals surface area contributed by atoms with Crippen molar-refractivity contribution < 1.29 is 28.3 Å². The number of benzene rings is 3. The first-order chi connectivity index (χ1) is 16.4. The van der Waals surface area contributed by atoms with E-state index in [1.54, 1.807) is 44.4 Å². The third-order valence-corrected chi connectivity index (χ3v) is 5.79. The van der Waals surface area contributed by atoms with Gasteiger partial charge in [0.05, 0.1) is 18.7 Å². The molecule has 0 spiro atoms. The van der Waals surface area contributed by atoms with E-state index in [0.29, 0.717) is 22.6 Å². The van der Waals surface area contributed by atoms with Crippen molar-refractivity contribution in [1.82, 2.24) is 5.16 Å². The second kappa shape index (κ2) is 8.15. The normalized spacial score (nSPS) is 17.5. The highest BCUT2D eigenvalue weighted by Crippen LogP contribution is 2.42. The van der Waals surface area contributed by atoms with Crippen LogP contribution in [0.4, 0.5) is 10.2 Å². The molecule has 0 saturated carbocycles. The topological polar surface area (TPSA) is 92.9 Å². The highest BCUT2D eigenvalue weighted by Gasteiger charge is 2.48. The predicted molar refractivity (Wildman–Crippen MR) is 123 cm³/mol. The summed E-state index contributed by atoms with van der Waals surface area (Å²) in [6, 6.07) is 16.5. The van der Waals surface area contributed by atoms with Gasteiger partial charge in [-0.05, 0) is 53.6 Å². The van der Waals surface area contributed by atoms with E-state index in [0.717, 1.165) is 15.7 Å². The molecule has 1 N–H and O–H groups in total. The molecule has 1 aliphatic rings. The summed E-state index contributed by atoms with van der Waals surface area (Å²) in [6.07, 6.45) is 0. The monoisotopic (exact) mass is 458 g/mol. The fraction of sp³-hybridized carbons (Fsp3) is 0.115. The van der Waals surface area contributed by atoms with Crippen molar-refractivity contribution in [3.05, 3.63) is 95.0 Å². The van der Waals surface area contributed by atoms with Crippen LogP contribution in [0.2, 0.25) is 0 Å². The molecule has 5 rings (SSSR count). The minimum Gasteiger partial charge on any atom is -0.507 e. The van der Waals surface area contributed by atoms with E-state index in [-0.39, 0.29) is 17.2 Å². The maximum atomic E-state index is 14.1. The van der Waals surface area contributed by atoms with Gasteiger partial charge >= 0.3 is 5.91 Å². The summed E-state index contributed by atoms with van der Waals surface area (Å²) >= 11 is 0. The number of halogens is 1. The van der Waals surface area contributed by atoms with Gasteiger partial charge in [0.2, 0.25) is 0 Å². The quantitative estimate of drug-likeness (QED) is 0.265. The zero-order chi connectivity index (χ0) is 24.0. The number of ketones is 1. The molecule has 34 heavy (non-hydrogen) atoms. The lowest BCUT2D eigenvalue weighted by atomic mass is 9.94. The highest BCUT2D eigenvalue weighted by molar-refractivity contribution is 6.51. The number of Topliss-reactive ketones (excluding diaryl/α,β-unsaturated/α-hetero) is 1. The lowest BCUT2D eigenvalue weighted by Crippen LogP contribution is -2.29. The van der Waals surface area contributed by atoms with E-state index in [9.17, 15) is 19.1 Å². The molecule has 1 amide bonds. The van der Waals surface area contributed by atoms with E-state index >= 15 is 0 Å². The van der Waals surface area contributed by atoms with Gasteiger partial charge in [0, 0.05) is 11.6 Å².